The van der Waals surface area contributed by atoms with Crippen LogP contribution in [0, 0.1) is 5.92 Å². The van der Waals surface area contributed by atoms with Crippen molar-refractivity contribution in [2.75, 3.05) is 6.61 Å². The Morgan fingerprint density at radius 1 is 1.07 bits per heavy atom. The minimum atomic E-state index is -0.996. The molecule has 4 aromatic rings. The number of hydrogen-bond acceptors (Lipinski definition) is 6. The first kappa shape index (κ1) is 26.3. The van der Waals surface area contributed by atoms with Gasteiger partial charge >= 0.3 is 5.97 Å². The van der Waals surface area contributed by atoms with Gasteiger partial charge in [-0.05, 0) is 67.5 Å². The molecule has 0 spiro atoms. The zero-order valence-electron chi connectivity index (χ0n) is 22.7. The highest BCUT2D eigenvalue weighted by Gasteiger charge is 2.46. The van der Waals surface area contributed by atoms with Crippen molar-refractivity contribution in [2.45, 2.75) is 69.9 Å². The molecule has 9 nitrogen and oxygen atoms in total. The van der Waals surface area contributed by atoms with Gasteiger partial charge in [0.25, 0.3) is 0 Å². The Morgan fingerprint density at radius 2 is 1.85 bits per heavy atom. The summed E-state index contributed by atoms with van der Waals surface area (Å²) >= 11 is 0. The maximum atomic E-state index is 12.1. The van der Waals surface area contributed by atoms with Gasteiger partial charge < -0.3 is 14.9 Å². The number of aromatic carboxylic acids is 1. The van der Waals surface area contributed by atoms with Crippen LogP contribution in [0.3, 0.4) is 0 Å². The number of carboxylic acid groups (broad SMARTS) is 1. The molecule has 0 saturated heterocycles. The number of carbonyl (C=O) groups is 1. The van der Waals surface area contributed by atoms with E-state index in [9.17, 15) is 15.0 Å². The molecule has 2 fully saturated rings. The topological polar surface area (TPSA) is 115 Å². The molecule has 2 aliphatic rings. The quantitative estimate of drug-likeness (QED) is 0.275. The van der Waals surface area contributed by atoms with E-state index in [1.165, 1.54) is 38.3 Å². The number of aliphatic hydroxyl groups excluding tert-OH is 1. The highest BCUT2D eigenvalue weighted by Crippen LogP contribution is 2.55. The van der Waals surface area contributed by atoms with E-state index >= 15 is 0 Å². The Labute approximate surface area is 233 Å². The van der Waals surface area contributed by atoms with Gasteiger partial charge in [0.15, 0.2) is 0 Å². The molecule has 0 amide bonds. The van der Waals surface area contributed by atoms with Crippen LogP contribution in [0.2, 0.25) is 0 Å². The molecule has 40 heavy (non-hydrogen) atoms. The molecular formula is C31H35N5O4. The maximum Gasteiger partial charge on any atom is 0.339 e. The summed E-state index contributed by atoms with van der Waals surface area (Å²) in [6.07, 6.45) is 10.6. The summed E-state index contributed by atoms with van der Waals surface area (Å²) in [6.45, 7) is 2.54. The first-order valence-electron chi connectivity index (χ1n) is 14.2. The lowest BCUT2D eigenvalue weighted by molar-refractivity contribution is 0.0695. The molecule has 0 bridgehead atoms. The van der Waals surface area contributed by atoms with Gasteiger partial charge in [-0.25, -0.2) is 14.2 Å². The SMILES string of the molecule is C[C@H](Oc1cccc(-c2cccc(-n3ncc(C(=O)O)c3C3CC3c3cn(CCO)nn3)c2)c1)C1CCCCC1. The second-order valence-electron chi connectivity index (χ2n) is 11.0. The second-order valence-corrected chi connectivity index (χ2v) is 11.0. The Hall–Kier alpha value is -3.98. The van der Waals surface area contributed by atoms with E-state index in [1.807, 2.05) is 42.6 Å². The number of benzene rings is 2. The molecule has 9 heteroatoms. The van der Waals surface area contributed by atoms with Gasteiger partial charge in [-0.15, -0.1) is 5.10 Å². The van der Waals surface area contributed by atoms with Crippen molar-refractivity contribution in [1.29, 1.82) is 0 Å². The Balaban J connectivity index is 1.26. The van der Waals surface area contributed by atoms with Crippen molar-refractivity contribution >= 4 is 5.97 Å². The van der Waals surface area contributed by atoms with E-state index in [-0.39, 0.29) is 30.1 Å². The van der Waals surface area contributed by atoms with E-state index in [0.717, 1.165) is 34.7 Å². The van der Waals surface area contributed by atoms with Gasteiger partial charge in [-0.1, -0.05) is 48.7 Å². The van der Waals surface area contributed by atoms with E-state index in [2.05, 4.69) is 34.5 Å². The van der Waals surface area contributed by atoms with Gasteiger partial charge in [0.2, 0.25) is 0 Å². The van der Waals surface area contributed by atoms with Crippen molar-refractivity contribution in [3.8, 4) is 22.6 Å². The summed E-state index contributed by atoms with van der Waals surface area (Å²) in [5, 5.41) is 32.0. The number of ether oxygens (including phenoxy) is 1. The van der Waals surface area contributed by atoms with Crippen molar-refractivity contribution in [3.05, 3.63) is 77.9 Å². The van der Waals surface area contributed by atoms with E-state index in [0.29, 0.717) is 18.2 Å². The normalized spacial score (nSPS) is 19.9. The molecule has 0 aliphatic heterocycles. The molecule has 2 N–H and O–H groups in total. The summed E-state index contributed by atoms with van der Waals surface area (Å²) in [4.78, 5) is 12.1. The molecule has 2 unspecified atom stereocenters. The molecule has 0 radical (unpaired) electrons. The van der Waals surface area contributed by atoms with Crippen molar-refractivity contribution in [3.63, 3.8) is 0 Å². The third-order valence-electron chi connectivity index (χ3n) is 8.34. The second kappa shape index (κ2) is 11.3. The van der Waals surface area contributed by atoms with Crippen LogP contribution < -0.4 is 4.74 Å². The van der Waals surface area contributed by atoms with Crippen molar-refractivity contribution < 1.29 is 19.7 Å². The fraction of sp³-hybridized carbons (Fsp3) is 0.419. The number of rotatable bonds is 10. The number of aliphatic hydroxyl groups is 1. The van der Waals surface area contributed by atoms with Crippen LogP contribution in [-0.4, -0.2) is 53.7 Å². The molecular weight excluding hydrogens is 506 g/mol. The summed E-state index contributed by atoms with van der Waals surface area (Å²) in [6, 6.07) is 16.2. The van der Waals surface area contributed by atoms with Gasteiger partial charge in [0.1, 0.15) is 11.3 Å². The van der Waals surface area contributed by atoms with Crippen LogP contribution in [0.4, 0.5) is 0 Å². The molecule has 2 aromatic heterocycles. The molecule has 3 atom stereocenters. The number of aromatic nitrogens is 5. The summed E-state index contributed by atoms with van der Waals surface area (Å²) < 4.78 is 9.74. The van der Waals surface area contributed by atoms with Gasteiger partial charge in [-0.2, -0.15) is 5.10 Å². The van der Waals surface area contributed by atoms with Crippen molar-refractivity contribution in [2.24, 2.45) is 5.92 Å². The van der Waals surface area contributed by atoms with Crippen LogP contribution >= 0.6 is 0 Å². The minimum Gasteiger partial charge on any atom is -0.490 e. The predicted molar refractivity (Wildman–Crippen MR) is 150 cm³/mol. The largest absolute Gasteiger partial charge is 0.490 e. The zero-order chi connectivity index (χ0) is 27.6. The van der Waals surface area contributed by atoms with Crippen LogP contribution in [0.1, 0.15) is 79.0 Å². The molecule has 2 aromatic carbocycles. The minimum absolute atomic E-state index is 0.0161. The zero-order valence-corrected chi connectivity index (χ0v) is 22.7. The molecule has 2 saturated carbocycles. The van der Waals surface area contributed by atoms with E-state index in [1.54, 1.807) is 9.36 Å². The molecule has 6 rings (SSSR count). The number of nitrogens with zero attached hydrogens (tertiary/aromatic N) is 5. The molecule has 208 valence electrons. The van der Waals surface area contributed by atoms with Gasteiger partial charge in [-0.3, -0.25) is 0 Å². The number of carboxylic acids is 1. The van der Waals surface area contributed by atoms with Crippen LogP contribution in [0.5, 0.6) is 5.75 Å². The third kappa shape index (κ3) is 5.38. The fourth-order valence-corrected chi connectivity index (χ4v) is 6.08. The summed E-state index contributed by atoms with van der Waals surface area (Å²) in [5.41, 5.74) is 4.52. The first-order chi connectivity index (χ1) is 19.5. The summed E-state index contributed by atoms with van der Waals surface area (Å²) in [5.74, 6) is 0.500. The lowest BCUT2D eigenvalue weighted by Crippen LogP contribution is -2.25. The average Bonchev–Trinajstić information content (AvgIpc) is 3.39. The Bertz CT molecular complexity index is 1490. The standard InChI is InChI=1S/C31H35N5O4/c1-20(21-7-3-2-4-8-21)40-25-12-6-10-23(16-25)22-9-5-11-24(15-22)36-30(28(18-32-36)31(38)39)27-17-26(27)29-19-35(13-14-37)34-33-29/h5-6,9-12,15-16,18-21,26-27,37H,2-4,7-8,13-14,17H2,1H3,(H,38,39)/t20-,26?,27?/m0/s1. The Morgan fingerprint density at radius 3 is 2.62 bits per heavy atom. The van der Waals surface area contributed by atoms with Crippen LogP contribution in [0.25, 0.3) is 16.8 Å². The Kier molecular flexibility index (Phi) is 7.38. The smallest absolute Gasteiger partial charge is 0.339 e. The number of hydrogen-bond donors (Lipinski definition) is 2. The molecule has 2 heterocycles. The molecule has 2 aliphatic carbocycles. The van der Waals surface area contributed by atoms with Crippen LogP contribution in [-0.2, 0) is 6.54 Å². The van der Waals surface area contributed by atoms with E-state index < -0.39 is 5.97 Å². The van der Waals surface area contributed by atoms with Crippen LogP contribution in [0.15, 0.2) is 60.9 Å². The highest BCUT2D eigenvalue weighted by atomic mass is 16.5. The maximum absolute atomic E-state index is 12.1. The fourth-order valence-electron chi connectivity index (χ4n) is 6.08. The first-order valence-corrected chi connectivity index (χ1v) is 14.2. The lowest BCUT2D eigenvalue weighted by Gasteiger charge is -2.28. The highest BCUT2D eigenvalue weighted by molar-refractivity contribution is 5.89. The lowest BCUT2D eigenvalue weighted by atomic mass is 9.86. The third-order valence-corrected chi connectivity index (χ3v) is 8.34. The predicted octanol–water partition coefficient (Wildman–Crippen LogP) is 5.44. The summed E-state index contributed by atoms with van der Waals surface area (Å²) in [7, 11) is 0. The van der Waals surface area contributed by atoms with Gasteiger partial charge in [0.05, 0.1) is 42.5 Å². The van der Waals surface area contributed by atoms with Crippen molar-refractivity contribution in [1.82, 2.24) is 24.8 Å². The van der Waals surface area contributed by atoms with E-state index in [4.69, 9.17) is 4.74 Å². The van der Waals surface area contributed by atoms with Gasteiger partial charge in [0, 0.05) is 18.0 Å². The monoisotopic (exact) mass is 541 g/mol. The average molecular weight is 542 g/mol.